The van der Waals surface area contributed by atoms with Crippen molar-refractivity contribution < 1.29 is 84.7 Å². The van der Waals surface area contributed by atoms with Crippen molar-refractivity contribution in [1.82, 2.24) is 15.0 Å². The summed E-state index contributed by atoms with van der Waals surface area (Å²) in [6, 6.07) is 59.7. The van der Waals surface area contributed by atoms with Crippen LogP contribution in [0.4, 0.5) is 0 Å². The van der Waals surface area contributed by atoms with Crippen LogP contribution in [0.2, 0.25) is 0 Å². The Morgan fingerprint density at radius 2 is 0.473 bits per heavy atom. The van der Waals surface area contributed by atoms with Crippen LogP contribution in [0.25, 0.3) is 55.3 Å². The van der Waals surface area contributed by atoms with E-state index in [1.165, 1.54) is 289 Å². The first kappa shape index (κ1) is 120. The fraction of sp³-hybridized carbons (Fsp3) is 0.516. The molecule has 0 aliphatic rings. The molecule has 0 saturated heterocycles. The first-order valence-corrected chi connectivity index (χ1v) is 42.2. The number of thiocyanates is 4. The molecule has 3 radical (unpaired) electrons. The number of aromatic nitrogens is 3. The molecule has 0 aliphatic carbocycles. The van der Waals surface area contributed by atoms with Crippen LogP contribution in [0, 0.1) is 60.9 Å². The van der Waals surface area contributed by atoms with Crippen molar-refractivity contribution in [3.8, 4) is 55.4 Å². The van der Waals surface area contributed by atoms with E-state index >= 15 is 0 Å². The molecule has 8 rings (SSSR count). The molecule has 0 spiro atoms. The summed E-state index contributed by atoms with van der Waals surface area (Å²) in [6.07, 6.45) is 38.8. The maximum atomic E-state index is 7.18. The molecule has 0 saturated carbocycles. The van der Waals surface area contributed by atoms with Crippen LogP contribution in [-0.4, -0.2) is 118 Å². The fourth-order valence-corrected chi connectivity index (χ4v) is 12.6. The van der Waals surface area contributed by atoms with Gasteiger partial charge in [-0.3, -0.25) is 0 Å². The summed E-state index contributed by atoms with van der Waals surface area (Å²) in [4.78, 5) is 13.1. The van der Waals surface area contributed by atoms with Crippen LogP contribution in [0.1, 0.15) is 237 Å². The van der Waals surface area contributed by atoms with Crippen LogP contribution < -0.4 is 0 Å². The Balaban J connectivity index is -0.000000228. The van der Waals surface area contributed by atoms with E-state index in [2.05, 4.69) is 203 Å². The van der Waals surface area contributed by atoms with E-state index in [0.29, 0.717) is 0 Å². The Morgan fingerprint density at radius 1 is 0.277 bits per heavy atom. The molecule has 3 aromatic heterocycles. The summed E-state index contributed by atoms with van der Waals surface area (Å²) in [7, 11) is 0. The molecule has 0 atom stereocenters. The van der Waals surface area contributed by atoms with Crippen LogP contribution in [0.5, 0.6) is 0 Å². The molecule has 112 heavy (non-hydrogen) atoms. The van der Waals surface area contributed by atoms with Crippen molar-refractivity contribution in [1.29, 1.82) is 21.0 Å². The molecule has 0 amide bonds. The number of nitriles is 4. The van der Waals surface area contributed by atoms with Gasteiger partial charge >= 0.3 is 0 Å². The Morgan fingerprint density at radius 3 is 0.661 bits per heavy atom. The Labute approximate surface area is 745 Å². The number of fused-ring (bicyclic) bond motifs is 2. The molecular formula is C93H144Ir3N10O2S4. The van der Waals surface area contributed by atoms with Gasteiger partial charge in [0.25, 0.3) is 0 Å². The number of hydrogen-bond donors (Lipinski definition) is 4. The molecule has 0 fully saturated rings. The molecule has 0 bridgehead atoms. The van der Waals surface area contributed by atoms with Gasteiger partial charge < -0.3 is 39.4 Å². The average molecular weight is 2140 g/mol. The maximum Gasteiger partial charge on any atom is 0.130 e. The number of rotatable bonds is 39. The van der Waals surface area contributed by atoms with E-state index in [1.54, 1.807) is 6.20 Å². The third kappa shape index (κ3) is 58.9. The summed E-state index contributed by atoms with van der Waals surface area (Å²) in [5.74, 6) is 0. The van der Waals surface area contributed by atoms with Gasteiger partial charge in [-0.2, -0.15) is 21.0 Å². The number of pyridine rings is 3. The summed E-state index contributed by atoms with van der Waals surface area (Å²) >= 11 is 12.4. The quantitative estimate of drug-likeness (QED) is 0.0127. The first-order chi connectivity index (χ1) is 52.2. The van der Waals surface area contributed by atoms with Gasteiger partial charge in [0.05, 0.1) is 78.5 Å². The number of nitrogens with zero attached hydrogens (tertiary/aromatic N) is 10. The zero-order valence-corrected chi connectivity index (χ0v) is 81.1. The van der Waals surface area contributed by atoms with Gasteiger partial charge in [-0.25, -0.2) is 0 Å². The van der Waals surface area contributed by atoms with E-state index < -0.39 is 0 Å². The van der Waals surface area contributed by atoms with Gasteiger partial charge in [0, 0.05) is 78.9 Å². The minimum absolute atomic E-state index is 0. The van der Waals surface area contributed by atoms with Crippen molar-refractivity contribution in [2.45, 2.75) is 237 Å². The second-order valence-corrected chi connectivity index (χ2v) is 28.0. The number of quaternary nitrogens is 3. The van der Waals surface area contributed by atoms with Crippen LogP contribution in [0.3, 0.4) is 0 Å². The zero-order valence-electron chi connectivity index (χ0n) is 70.4. The summed E-state index contributed by atoms with van der Waals surface area (Å²) in [6.45, 7) is 45.1. The second-order valence-electron chi connectivity index (χ2n) is 27.2. The van der Waals surface area contributed by atoms with Crippen molar-refractivity contribution >= 4 is 72.1 Å². The van der Waals surface area contributed by atoms with Gasteiger partial charge in [-0.1, -0.05) is 283 Å². The van der Waals surface area contributed by atoms with E-state index in [1.807, 2.05) is 128 Å². The standard InChI is InChI=1S/3C16H36N.2C15H10N.C11H8N.4CHNS.3Ir.2H2O/c3*1-5-9-13-17(14-10-6-2,15-11-7-3)16-12-8-4;2*1-2-6-12(7-3-1)15-10-13-8-4-5-9-14(13)11-16-15;1-2-6-10(7-3-1)11-8-4-5-9-12-11;4*2-1-3;;;;;/h3*5-16H2,1-4H3;2*1-6,8-11H;1-6,8-9H;4*3H;;;;2*1H2/q3*+1;3*-1;;;;;;;;;. The van der Waals surface area contributed by atoms with Gasteiger partial charge in [0.2, 0.25) is 0 Å². The van der Waals surface area contributed by atoms with Gasteiger partial charge in [0.15, 0.2) is 0 Å². The normalized spacial score (nSPS) is 9.79. The van der Waals surface area contributed by atoms with Crippen LogP contribution in [0.15, 0.2) is 170 Å². The van der Waals surface area contributed by atoms with Crippen molar-refractivity contribution in [2.24, 2.45) is 0 Å². The number of benzene rings is 5. The minimum Gasteiger partial charge on any atom is -0.412 e. The van der Waals surface area contributed by atoms with Crippen LogP contribution in [-0.2, 0) is 60.3 Å². The van der Waals surface area contributed by atoms with E-state index in [9.17, 15) is 0 Å². The molecule has 4 N–H and O–H groups in total. The average Bonchev–Trinajstić information content (AvgIpc) is 0.830. The molecule has 8 aromatic rings. The van der Waals surface area contributed by atoms with Crippen LogP contribution >= 0.6 is 50.5 Å². The largest absolute Gasteiger partial charge is 0.412 e. The smallest absolute Gasteiger partial charge is 0.130 e. The summed E-state index contributed by atoms with van der Waals surface area (Å²) in [5, 5.41) is 39.3. The minimum atomic E-state index is 0. The third-order valence-electron chi connectivity index (χ3n) is 18.7. The predicted molar refractivity (Wildman–Crippen MR) is 484 cm³/mol. The number of hydrogen-bond acceptors (Lipinski definition) is 11. The van der Waals surface area contributed by atoms with Crippen molar-refractivity contribution in [3.63, 3.8) is 0 Å². The molecule has 0 unspecified atom stereocenters. The topological polar surface area (TPSA) is 197 Å². The molecular weight excluding hydrogens is 1990 g/mol. The fourth-order valence-electron chi connectivity index (χ4n) is 12.6. The Kier molecular flexibility index (Phi) is 92.0. The van der Waals surface area contributed by atoms with Gasteiger partial charge in [-0.05, 0) is 122 Å². The third-order valence-corrected chi connectivity index (χ3v) is 18.7. The monoisotopic (exact) mass is 2140 g/mol. The van der Waals surface area contributed by atoms with E-state index in [0.717, 1.165) is 33.8 Å². The molecule has 19 heteroatoms. The molecule has 5 aromatic carbocycles. The summed E-state index contributed by atoms with van der Waals surface area (Å²) in [5.41, 5.74) is 6.02. The van der Waals surface area contributed by atoms with E-state index in [4.69, 9.17) is 21.0 Å². The second kappa shape index (κ2) is 85.5. The zero-order chi connectivity index (χ0) is 79.6. The predicted octanol–water partition coefficient (Wildman–Crippen LogP) is 24.9. The molecule has 629 valence electrons. The SMILES string of the molecule is CCCC[N+](CCCC)(CCCC)CCCC.CCCC[N+](CCCC)(CCCC)CCCC.CCCC[N+](CCCC)(CCCC)CCCC.N#CS.N#CS.N#CS.N#CS.O.O.[Ir].[Ir].[Ir].[c-]1ccccc1-c1cc2ccccc2cn1.[c-]1ccccc1-c1cc2ccccc2cn1.[c-]1ccccc1-c1ccccn1. The first-order valence-electron chi connectivity index (χ1n) is 40.4. The number of unbranched alkanes of at least 4 members (excludes halogenated alkanes) is 12. The Hall–Kier alpha value is -4.82. The van der Waals surface area contributed by atoms with Gasteiger partial charge in [-0.15, -0.1) is 108 Å². The number of thiol groups is 4. The molecule has 3 heterocycles. The van der Waals surface area contributed by atoms with Gasteiger partial charge in [0.1, 0.15) is 21.6 Å². The van der Waals surface area contributed by atoms with E-state index in [-0.39, 0.29) is 71.3 Å². The summed E-state index contributed by atoms with van der Waals surface area (Å²) < 4.78 is 4.26. The molecule has 12 nitrogen and oxygen atoms in total. The van der Waals surface area contributed by atoms with Crippen molar-refractivity contribution in [3.05, 3.63) is 188 Å². The Bertz CT molecular complexity index is 3100. The maximum absolute atomic E-state index is 7.18. The molecule has 0 aliphatic heterocycles. The van der Waals surface area contributed by atoms with Crippen molar-refractivity contribution in [2.75, 3.05) is 78.5 Å².